The number of esters is 1. The first-order valence-corrected chi connectivity index (χ1v) is 10.9. The molecule has 0 unspecified atom stereocenters. The number of likely N-dealkylation sites (tertiary alicyclic amines) is 1. The van der Waals surface area contributed by atoms with Crippen molar-refractivity contribution in [3.63, 3.8) is 0 Å². The third kappa shape index (κ3) is 4.73. The van der Waals surface area contributed by atoms with Crippen LogP contribution in [0.15, 0.2) is 54.6 Å². The van der Waals surface area contributed by atoms with Crippen molar-refractivity contribution in [3.8, 4) is 0 Å². The summed E-state index contributed by atoms with van der Waals surface area (Å²) in [5.41, 5.74) is 3.02. The molecule has 5 heteroatoms. The largest absolute Gasteiger partial charge is 0.465 e. The van der Waals surface area contributed by atoms with Gasteiger partial charge in [0.1, 0.15) is 0 Å². The second kappa shape index (κ2) is 9.43. The van der Waals surface area contributed by atoms with Crippen molar-refractivity contribution < 1.29 is 14.3 Å². The van der Waals surface area contributed by atoms with Gasteiger partial charge in [0, 0.05) is 25.6 Å². The van der Waals surface area contributed by atoms with Gasteiger partial charge in [0.25, 0.3) is 0 Å². The number of carbonyl (C=O) groups excluding carboxylic acids is 2. The van der Waals surface area contributed by atoms with Gasteiger partial charge in [-0.1, -0.05) is 42.5 Å². The number of benzene rings is 2. The molecular formula is C25H30N2O3. The van der Waals surface area contributed by atoms with Gasteiger partial charge in [0.05, 0.1) is 12.7 Å². The van der Waals surface area contributed by atoms with E-state index < -0.39 is 0 Å². The predicted octanol–water partition coefficient (Wildman–Crippen LogP) is 3.29. The van der Waals surface area contributed by atoms with Gasteiger partial charge in [0.2, 0.25) is 5.91 Å². The molecule has 0 aromatic heterocycles. The number of ether oxygens (including phenoxy) is 1. The van der Waals surface area contributed by atoms with Gasteiger partial charge in [-0.15, -0.1) is 0 Å². The lowest BCUT2D eigenvalue weighted by Gasteiger charge is -2.50. The van der Waals surface area contributed by atoms with E-state index in [2.05, 4.69) is 22.3 Å². The van der Waals surface area contributed by atoms with Crippen LogP contribution in [0.5, 0.6) is 0 Å². The fourth-order valence-corrected chi connectivity index (χ4v) is 4.83. The van der Waals surface area contributed by atoms with E-state index in [0.717, 1.165) is 32.5 Å². The Kier molecular flexibility index (Phi) is 6.48. The van der Waals surface area contributed by atoms with Gasteiger partial charge in [-0.05, 0) is 60.9 Å². The number of fused-ring (bicyclic) bond motifs is 1. The highest BCUT2D eigenvalue weighted by molar-refractivity contribution is 5.89. The molecular weight excluding hydrogens is 376 g/mol. The van der Waals surface area contributed by atoms with Gasteiger partial charge in [-0.3, -0.25) is 9.69 Å². The smallest absolute Gasteiger partial charge is 0.337 e. The van der Waals surface area contributed by atoms with Crippen molar-refractivity contribution in [1.82, 2.24) is 10.2 Å². The molecule has 2 aliphatic rings. The van der Waals surface area contributed by atoms with Crippen molar-refractivity contribution in [3.05, 3.63) is 71.3 Å². The summed E-state index contributed by atoms with van der Waals surface area (Å²) in [5, 5.41) is 3.15. The SMILES string of the molecule is COC(=O)c1ccc(CN2CC[C@@H]3C[C@@H](C(=O)NCCc4ccccc4)[C@@H]3C2)cc1. The molecule has 0 bridgehead atoms. The number of rotatable bonds is 7. The second-order valence-electron chi connectivity index (χ2n) is 8.51. The summed E-state index contributed by atoms with van der Waals surface area (Å²) >= 11 is 0. The third-order valence-corrected chi connectivity index (χ3v) is 6.64. The van der Waals surface area contributed by atoms with Crippen LogP contribution in [0.1, 0.15) is 34.3 Å². The quantitative estimate of drug-likeness (QED) is 0.717. The van der Waals surface area contributed by atoms with E-state index in [1.165, 1.54) is 24.7 Å². The highest BCUT2D eigenvalue weighted by Crippen LogP contribution is 2.45. The Bertz CT molecular complexity index is 866. The number of amides is 1. The van der Waals surface area contributed by atoms with E-state index in [9.17, 15) is 9.59 Å². The van der Waals surface area contributed by atoms with E-state index in [4.69, 9.17) is 4.74 Å². The fourth-order valence-electron chi connectivity index (χ4n) is 4.83. The Balaban J connectivity index is 1.26. The number of nitrogens with one attached hydrogen (secondary N) is 1. The zero-order valence-electron chi connectivity index (χ0n) is 17.5. The summed E-state index contributed by atoms with van der Waals surface area (Å²) < 4.78 is 4.76. The summed E-state index contributed by atoms with van der Waals surface area (Å²) in [7, 11) is 1.40. The summed E-state index contributed by atoms with van der Waals surface area (Å²) in [6.45, 7) is 3.60. The lowest BCUT2D eigenvalue weighted by atomic mass is 9.61. The number of methoxy groups -OCH3 is 1. The minimum absolute atomic E-state index is 0.148. The van der Waals surface area contributed by atoms with Crippen LogP contribution in [0, 0.1) is 17.8 Å². The summed E-state index contributed by atoms with van der Waals surface area (Å²) in [4.78, 5) is 26.7. The summed E-state index contributed by atoms with van der Waals surface area (Å²) in [5.74, 6) is 1.21. The minimum Gasteiger partial charge on any atom is -0.465 e. The van der Waals surface area contributed by atoms with Gasteiger partial charge in [0.15, 0.2) is 0 Å². The molecule has 1 amide bonds. The molecule has 5 nitrogen and oxygen atoms in total. The molecule has 0 radical (unpaired) electrons. The van der Waals surface area contributed by atoms with Crippen LogP contribution in [0.2, 0.25) is 0 Å². The molecule has 30 heavy (non-hydrogen) atoms. The van der Waals surface area contributed by atoms with Crippen molar-refractivity contribution in [2.24, 2.45) is 17.8 Å². The Morgan fingerprint density at radius 1 is 1.07 bits per heavy atom. The first kappa shape index (κ1) is 20.6. The molecule has 1 N–H and O–H groups in total. The first-order chi connectivity index (χ1) is 14.6. The van der Waals surface area contributed by atoms with Gasteiger partial charge < -0.3 is 10.1 Å². The second-order valence-corrected chi connectivity index (χ2v) is 8.51. The van der Waals surface area contributed by atoms with Gasteiger partial charge >= 0.3 is 5.97 Å². The molecule has 4 rings (SSSR count). The molecule has 1 heterocycles. The molecule has 2 aromatic carbocycles. The summed E-state index contributed by atoms with van der Waals surface area (Å²) in [6, 6.07) is 17.9. The molecule has 1 aliphatic heterocycles. The maximum Gasteiger partial charge on any atom is 0.337 e. The minimum atomic E-state index is -0.307. The Morgan fingerprint density at radius 3 is 2.57 bits per heavy atom. The Morgan fingerprint density at radius 2 is 1.83 bits per heavy atom. The van der Waals surface area contributed by atoms with Crippen LogP contribution in [-0.2, 0) is 22.5 Å². The predicted molar refractivity (Wildman–Crippen MR) is 116 cm³/mol. The highest BCUT2D eigenvalue weighted by atomic mass is 16.5. The van der Waals surface area contributed by atoms with Crippen LogP contribution >= 0.6 is 0 Å². The average Bonchev–Trinajstić information content (AvgIpc) is 2.76. The molecule has 1 saturated carbocycles. The topological polar surface area (TPSA) is 58.6 Å². The van der Waals surface area contributed by atoms with Crippen LogP contribution in [-0.4, -0.2) is 43.5 Å². The van der Waals surface area contributed by atoms with Crippen LogP contribution in [0.4, 0.5) is 0 Å². The van der Waals surface area contributed by atoms with Gasteiger partial charge in [-0.25, -0.2) is 4.79 Å². The number of carbonyl (C=O) groups is 2. The average molecular weight is 407 g/mol. The third-order valence-electron chi connectivity index (χ3n) is 6.64. The molecule has 2 fully saturated rings. The first-order valence-electron chi connectivity index (χ1n) is 10.9. The zero-order valence-corrected chi connectivity index (χ0v) is 17.5. The van der Waals surface area contributed by atoms with E-state index in [0.29, 0.717) is 23.9 Å². The molecule has 3 atom stereocenters. The molecule has 1 saturated heterocycles. The van der Waals surface area contributed by atoms with Crippen molar-refractivity contribution in [2.45, 2.75) is 25.8 Å². The van der Waals surface area contributed by atoms with Crippen LogP contribution < -0.4 is 5.32 Å². The van der Waals surface area contributed by atoms with Crippen molar-refractivity contribution in [1.29, 1.82) is 0 Å². The fraction of sp³-hybridized carbons (Fsp3) is 0.440. The molecule has 2 aromatic rings. The highest BCUT2D eigenvalue weighted by Gasteiger charge is 2.47. The molecule has 1 aliphatic carbocycles. The standard InChI is InChI=1S/C25H30N2O3/c1-30-25(29)20-9-7-19(8-10-20)16-27-14-12-21-15-22(23(21)17-27)24(28)26-13-11-18-5-3-2-4-6-18/h2-10,21-23H,11-17H2,1H3,(H,26,28)/t21-,22-,23-/m1/s1. The number of nitrogens with zero attached hydrogens (tertiary/aromatic N) is 1. The molecule has 0 spiro atoms. The van der Waals surface area contributed by atoms with E-state index in [1.54, 1.807) is 0 Å². The van der Waals surface area contributed by atoms with Gasteiger partial charge in [-0.2, -0.15) is 0 Å². The number of hydrogen-bond donors (Lipinski definition) is 1. The van der Waals surface area contributed by atoms with Crippen LogP contribution in [0.25, 0.3) is 0 Å². The van der Waals surface area contributed by atoms with E-state index in [-0.39, 0.29) is 17.8 Å². The summed E-state index contributed by atoms with van der Waals surface area (Å²) in [6.07, 6.45) is 3.07. The van der Waals surface area contributed by atoms with Crippen molar-refractivity contribution >= 4 is 11.9 Å². The Labute approximate surface area is 178 Å². The lowest BCUT2D eigenvalue weighted by Crippen LogP contribution is -2.54. The maximum absolute atomic E-state index is 12.7. The lowest BCUT2D eigenvalue weighted by molar-refractivity contribution is -0.137. The Hall–Kier alpha value is -2.66. The zero-order chi connectivity index (χ0) is 20.9. The van der Waals surface area contributed by atoms with Crippen molar-refractivity contribution in [2.75, 3.05) is 26.7 Å². The monoisotopic (exact) mass is 406 g/mol. The van der Waals surface area contributed by atoms with E-state index in [1.807, 2.05) is 42.5 Å². The number of piperidine rings is 1. The van der Waals surface area contributed by atoms with E-state index >= 15 is 0 Å². The van der Waals surface area contributed by atoms with Crippen LogP contribution in [0.3, 0.4) is 0 Å². The maximum atomic E-state index is 12.7. The normalized spacial score (nSPS) is 23.2. The number of hydrogen-bond acceptors (Lipinski definition) is 4. The molecule has 158 valence electrons.